The second-order valence-corrected chi connectivity index (χ2v) is 15.9. The molecule has 60 heavy (non-hydrogen) atoms. The van der Waals surface area contributed by atoms with E-state index < -0.39 is 5.41 Å². The molecule has 0 bridgehead atoms. The number of fused-ring (bicyclic) bond motifs is 15. The Morgan fingerprint density at radius 2 is 0.967 bits per heavy atom. The molecule has 0 aliphatic heterocycles. The van der Waals surface area contributed by atoms with Crippen molar-refractivity contribution in [2.24, 2.45) is 0 Å². The molecule has 4 nitrogen and oxygen atoms in total. The van der Waals surface area contributed by atoms with E-state index in [9.17, 15) is 0 Å². The monoisotopic (exact) mass is 764 g/mol. The van der Waals surface area contributed by atoms with Crippen LogP contribution in [0.1, 0.15) is 22.3 Å². The first-order valence-electron chi connectivity index (χ1n) is 20.6. The van der Waals surface area contributed by atoms with Crippen LogP contribution in [0.25, 0.3) is 66.9 Å². The lowest BCUT2D eigenvalue weighted by Gasteiger charge is -2.32. The molecule has 0 saturated carbocycles. The number of rotatable bonds is 5. The van der Waals surface area contributed by atoms with Gasteiger partial charge in [-0.15, -0.1) is 0 Å². The number of para-hydroxylation sites is 3. The van der Waals surface area contributed by atoms with E-state index in [2.05, 4.69) is 232 Å². The topological polar surface area (TPSA) is 25.5 Å². The summed E-state index contributed by atoms with van der Waals surface area (Å²) in [4.78, 5) is 7.69. The number of imidazole rings is 2. The highest BCUT2D eigenvalue weighted by molar-refractivity contribution is 6.02. The summed E-state index contributed by atoms with van der Waals surface area (Å²) < 4.78 is 4.61. The van der Waals surface area contributed by atoms with Crippen LogP contribution in [-0.4, -0.2) is 14.0 Å². The average Bonchev–Trinajstić information content (AvgIpc) is 4.03. The summed E-state index contributed by atoms with van der Waals surface area (Å²) in [7, 11) is 0. The lowest BCUT2D eigenvalue weighted by atomic mass is 9.70. The quantitative estimate of drug-likeness (QED) is 0.174. The van der Waals surface area contributed by atoms with E-state index in [0.717, 1.165) is 50.6 Å². The molecule has 2 heterocycles. The fourth-order valence-corrected chi connectivity index (χ4v) is 10.5. The Balaban J connectivity index is 1.11. The number of hydrogen-bond donors (Lipinski definition) is 0. The van der Waals surface area contributed by atoms with Gasteiger partial charge in [0.1, 0.15) is 0 Å². The fourth-order valence-electron chi connectivity index (χ4n) is 10.5. The van der Waals surface area contributed by atoms with Gasteiger partial charge in [0, 0.05) is 22.6 Å². The largest absolute Gasteiger partial charge is 0.310 e. The Kier molecular flexibility index (Phi) is 6.90. The zero-order valence-electron chi connectivity index (χ0n) is 32.6. The van der Waals surface area contributed by atoms with Gasteiger partial charge in [0.2, 0.25) is 5.78 Å². The molecule has 0 fully saturated rings. The van der Waals surface area contributed by atoms with Crippen LogP contribution in [0.5, 0.6) is 0 Å². The summed E-state index contributed by atoms with van der Waals surface area (Å²) in [6.07, 6.45) is 0. The van der Waals surface area contributed by atoms with Crippen LogP contribution in [0, 0.1) is 0 Å². The van der Waals surface area contributed by atoms with Crippen LogP contribution in [0.15, 0.2) is 218 Å². The molecule has 0 unspecified atom stereocenters. The summed E-state index contributed by atoms with van der Waals surface area (Å²) in [6.45, 7) is 0. The van der Waals surface area contributed by atoms with Crippen molar-refractivity contribution in [3.05, 3.63) is 241 Å². The SMILES string of the molecule is c1ccc(-c2ccc(N(c3ccc4c(c3)n3c5ccccc5nc3n4-c3ccccc3)c3cccc4c3-c3ccccc3C43c4ccccc4-c4ccccc43)cc2)cc1. The van der Waals surface area contributed by atoms with Crippen LogP contribution in [0.2, 0.25) is 0 Å². The highest BCUT2D eigenvalue weighted by Crippen LogP contribution is 2.64. The third kappa shape index (κ3) is 4.42. The van der Waals surface area contributed by atoms with E-state index in [4.69, 9.17) is 4.98 Å². The molecule has 0 N–H and O–H groups in total. The second kappa shape index (κ2) is 12.5. The minimum atomic E-state index is -0.448. The van der Waals surface area contributed by atoms with Gasteiger partial charge >= 0.3 is 0 Å². The van der Waals surface area contributed by atoms with Crippen LogP contribution in [-0.2, 0) is 5.41 Å². The van der Waals surface area contributed by atoms with Gasteiger partial charge < -0.3 is 4.90 Å². The smallest absolute Gasteiger partial charge is 0.220 e. The molecule has 13 rings (SSSR count). The number of anilines is 3. The van der Waals surface area contributed by atoms with Crippen molar-refractivity contribution < 1.29 is 0 Å². The Bertz CT molecular complexity index is 3440. The molecule has 0 atom stereocenters. The molecular weight excluding hydrogens is 729 g/mol. The first-order chi connectivity index (χ1) is 29.8. The summed E-state index contributed by atoms with van der Waals surface area (Å²) in [5, 5.41) is 0. The van der Waals surface area contributed by atoms with Crippen LogP contribution >= 0.6 is 0 Å². The third-order valence-corrected chi connectivity index (χ3v) is 12.9. The van der Waals surface area contributed by atoms with Gasteiger partial charge in [0.15, 0.2) is 0 Å². The highest BCUT2D eigenvalue weighted by atomic mass is 15.2. The first-order valence-corrected chi connectivity index (χ1v) is 20.6. The standard InChI is InChI=1S/C56H36N4/c1-3-16-37(17-4-1)38-30-32-40(33-31-38)58(41-34-35-51-53(36-41)60-50-28-14-13-27-49(50)57-55(60)59(51)39-18-5-2-6-19-39)52-29-15-26-48-54(52)44-22-9-12-25-47(44)56(48)45-23-10-7-20-42(45)43-21-8-11-24-46(43)56/h1-36H. The summed E-state index contributed by atoms with van der Waals surface area (Å²) >= 11 is 0. The van der Waals surface area contributed by atoms with Crippen LogP contribution in [0.3, 0.4) is 0 Å². The Morgan fingerprint density at radius 1 is 0.400 bits per heavy atom. The van der Waals surface area contributed by atoms with Crippen molar-refractivity contribution in [1.29, 1.82) is 0 Å². The third-order valence-electron chi connectivity index (χ3n) is 12.9. The van der Waals surface area contributed by atoms with Crippen molar-refractivity contribution >= 4 is 44.9 Å². The molecule has 2 aliphatic carbocycles. The van der Waals surface area contributed by atoms with E-state index >= 15 is 0 Å². The number of benzene rings is 9. The van der Waals surface area contributed by atoms with E-state index in [1.54, 1.807) is 0 Å². The molecule has 4 heteroatoms. The van der Waals surface area contributed by atoms with Crippen molar-refractivity contribution in [3.63, 3.8) is 0 Å². The number of nitrogens with zero attached hydrogens (tertiary/aromatic N) is 4. The minimum absolute atomic E-state index is 0.448. The predicted molar refractivity (Wildman–Crippen MR) is 246 cm³/mol. The van der Waals surface area contributed by atoms with Gasteiger partial charge in [0.05, 0.1) is 33.2 Å². The zero-order chi connectivity index (χ0) is 39.4. The van der Waals surface area contributed by atoms with Gasteiger partial charge in [-0.05, 0) is 111 Å². The Hall–Kier alpha value is -7.95. The lowest BCUT2D eigenvalue weighted by Crippen LogP contribution is -2.26. The van der Waals surface area contributed by atoms with Gasteiger partial charge in [-0.3, -0.25) is 8.97 Å². The number of aromatic nitrogens is 3. The predicted octanol–water partition coefficient (Wildman–Crippen LogP) is 13.9. The summed E-state index contributed by atoms with van der Waals surface area (Å²) in [5.74, 6) is 0.892. The van der Waals surface area contributed by atoms with E-state index in [1.807, 2.05) is 0 Å². The van der Waals surface area contributed by atoms with Crippen LogP contribution in [0.4, 0.5) is 17.1 Å². The number of hydrogen-bond acceptors (Lipinski definition) is 2. The average molecular weight is 765 g/mol. The van der Waals surface area contributed by atoms with Gasteiger partial charge in [-0.2, -0.15) is 0 Å². The van der Waals surface area contributed by atoms with Gasteiger partial charge in [0.25, 0.3) is 0 Å². The molecule has 0 radical (unpaired) electrons. The maximum absolute atomic E-state index is 5.22. The van der Waals surface area contributed by atoms with Crippen LogP contribution < -0.4 is 4.90 Å². The molecule has 2 aromatic heterocycles. The van der Waals surface area contributed by atoms with Crippen molar-refractivity contribution in [1.82, 2.24) is 14.0 Å². The molecule has 0 saturated heterocycles. The van der Waals surface area contributed by atoms with Crippen molar-refractivity contribution in [2.75, 3.05) is 4.90 Å². The molecule has 280 valence electrons. The zero-order valence-corrected chi connectivity index (χ0v) is 32.6. The molecule has 1 spiro atoms. The van der Waals surface area contributed by atoms with Crippen molar-refractivity contribution in [2.45, 2.75) is 5.41 Å². The van der Waals surface area contributed by atoms with Gasteiger partial charge in [-0.25, -0.2) is 4.98 Å². The van der Waals surface area contributed by atoms with E-state index in [1.165, 1.54) is 55.6 Å². The second-order valence-electron chi connectivity index (χ2n) is 15.9. The van der Waals surface area contributed by atoms with Gasteiger partial charge in [-0.1, -0.05) is 158 Å². The molecular formula is C56H36N4. The summed E-state index contributed by atoms with van der Waals surface area (Å²) in [5.41, 5.74) is 21.0. The normalized spacial score (nSPS) is 13.1. The maximum Gasteiger partial charge on any atom is 0.220 e. The molecule has 0 amide bonds. The Morgan fingerprint density at radius 3 is 1.70 bits per heavy atom. The fraction of sp³-hybridized carbons (Fsp3) is 0.0179. The molecule has 9 aromatic carbocycles. The maximum atomic E-state index is 5.22. The highest BCUT2D eigenvalue weighted by Gasteiger charge is 2.52. The molecule has 2 aliphatic rings. The van der Waals surface area contributed by atoms with Crippen molar-refractivity contribution in [3.8, 4) is 39.1 Å². The first kappa shape index (κ1) is 33.1. The van der Waals surface area contributed by atoms with E-state index in [0.29, 0.717) is 0 Å². The summed E-state index contributed by atoms with van der Waals surface area (Å²) in [6, 6.07) is 79.7. The minimum Gasteiger partial charge on any atom is -0.310 e. The lowest BCUT2D eigenvalue weighted by molar-refractivity contribution is 0.794. The molecule has 11 aromatic rings. The Labute approximate surface area is 347 Å². The van der Waals surface area contributed by atoms with E-state index in [-0.39, 0.29) is 0 Å².